The van der Waals surface area contributed by atoms with E-state index < -0.39 is 12.0 Å². The van der Waals surface area contributed by atoms with Gasteiger partial charge in [-0.2, -0.15) is 17.7 Å². The number of alkyl halides is 3. The Morgan fingerprint density at radius 1 is 1.03 bits per heavy atom. The number of rotatable bonds is 5. The van der Waals surface area contributed by atoms with Crippen LogP contribution in [0.5, 0.6) is 0 Å². The van der Waals surface area contributed by atoms with Crippen LogP contribution in [0.25, 0.3) is 5.65 Å². The quantitative estimate of drug-likeness (QED) is 0.582. The fraction of sp³-hybridized carbons (Fsp3) is 0.455. The number of nitrogens with zero attached hydrogens (tertiary/aromatic N) is 7. The van der Waals surface area contributed by atoms with Crippen LogP contribution in [0.2, 0.25) is 0 Å². The largest absolute Gasteiger partial charge is 0.453 e. The van der Waals surface area contributed by atoms with E-state index in [2.05, 4.69) is 15.3 Å². The second kappa shape index (κ2) is 8.87. The Bertz CT molecular complexity index is 1120. The summed E-state index contributed by atoms with van der Waals surface area (Å²) in [7, 11) is 5.76. The number of hydrogen-bond donors (Lipinski definition) is 0. The highest BCUT2D eigenvalue weighted by Gasteiger charge is 2.38. The van der Waals surface area contributed by atoms with Gasteiger partial charge in [0.1, 0.15) is 5.82 Å². The third-order valence-electron chi connectivity index (χ3n) is 5.92. The number of fused-ring (bicyclic) bond motifs is 1. The summed E-state index contributed by atoms with van der Waals surface area (Å²) in [5.74, 6) is -0.790. The average Bonchev–Trinajstić information content (AvgIpc) is 3.23. The molecule has 176 valence electrons. The minimum atomic E-state index is -4.64. The Morgan fingerprint density at radius 2 is 1.70 bits per heavy atom. The van der Waals surface area contributed by atoms with Gasteiger partial charge in [0, 0.05) is 52.4 Å². The normalized spacial score (nSPS) is 15.2. The molecule has 0 saturated carbocycles. The summed E-state index contributed by atoms with van der Waals surface area (Å²) >= 11 is 0. The van der Waals surface area contributed by atoms with Crippen molar-refractivity contribution in [1.29, 1.82) is 0 Å². The minimum Gasteiger partial charge on any atom is -0.378 e. The number of hydrogen-bond acceptors (Lipinski definition) is 6. The van der Waals surface area contributed by atoms with Crippen LogP contribution in [0, 0.1) is 5.92 Å². The first-order valence-electron chi connectivity index (χ1n) is 10.7. The summed E-state index contributed by atoms with van der Waals surface area (Å²) in [5.41, 5.74) is 2.19. The van der Waals surface area contributed by atoms with Crippen LogP contribution in [0.3, 0.4) is 0 Å². The van der Waals surface area contributed by atoms with Crippen molar-refractivity contribution in [3.8, 4) is 0 Å². The van der Waals surface area contributed by atoms with Crippen molar-refractivity contribution in [2.45, 2.75) is 25.6 Å². The minimum absolute atomic E-state index is 0.0383. The predicted molar refractivity (Wildman–Crippen MR) is 118 cm³/mol. The monoisotopic (exact) mass is 461 g/mol. The van der Waals surface area contributed by atoms with Crippen molar-refractivity contribution in [3.63, 3.8) is 0 Å². The Hall–Kier alpha value is -3.37. The molecular weight excluding hydrogens is 435 g/mol. The van der Waals surface area contributed by atoms with Crippen LogP contribution in [0.15, 0.2) is 36.4 Å². The number of benzene rings is 1. The summed E-state index contributed by atoms with van der Waals surface area (Å²) in [4.78, 5) is 18.6. The number of piperidine rings is 1. The zero-order valence-electron chi connectivity index (χ0n) is 18.7. The number of amides is 1. The van der Waals surface area contributed by atoms with E-state index in [1.165, 1.54) is 6.07 Å². The highest BCUT2D eigenvalue weighted by atomic mass is 19.4. The van der Waals surface area contributed by atoms with Gasteiger partial charge in [-0.3, -0.25) is 4.79 Å². The molecule has 33 heavy (non-hydrogen) atoms. The molecule has 1 aliphatic rings. The van der Waals surface area contributed by atoms with Gasteiger partial charge in [0.25, 0.3) is 5.82 Å². The molecule has 0 unspecified atom stereocenters. The van der Waals surface area contributed by atoms with Crippen LogP contribution >= 0.6 is 0 Å². The van der Waals surface area contributed by atoms with Crippen LogP contribution in [-0.4, -0.2) is 64.9 Å². The summed E-state index contributed by atoms with van der Waals surface area (Å²) in [6, 6.07) is 11.2. The predicted octanol–water partition coefficient (Wildman–Crippen LogP) is 3.08. The molecule has 1 saturated heterocycles. The lowest BCUT2D eigenvalue weighted by Gasteiger charge is -2.33. The molecule has 11 heteroatoms. The van der Waals surface area contributed by atoms with E-state index in [1.54, 1.807) is 18.0 Å². The molecule has 0 bridgehead atoms. The van der Waals surface area contributed by atoms with E-state index >= 15 is 0 Å². The fourth-order valence-corrected chi connectivity index (χ4v) is 4.04. The highest BCUT2D eigenvalue weighted by molar-refractivity contribution is 5.79. The first-order valence-corrected chi connectivity index (χ1v) is 10.7. The number of carbonyl (C=O) groups excluding carboxylic acids is 1. The first-order chi connectivity index (χ1) is 15.6. The zero-order chi connectivity index (χ0) is 23.8. The molecule has 3 aromatic rings. The smallest absolute Gasteiger partial charge is 0.378 e. The Morgan fingerprint density at radius 3 is 2.30 bits per heavy atom. The highest BCUT2D eigenvalue weighted by Crippen LogP contribution is 2.29. The van der Waals surface area contributed by atoms with Gasteiger partial charge in [0.05, 0.1) is 0 Å². The van der Waals surface area contributed by atoms with E-state index in [1.807, 2.05) is 48.2 Å². The molecule has 0 atom stereocenters. The maximum absolute atomic E-state index is 13.1. The molecule has 1 amide bonds. The summed E-state index contributed by atoms with van der Waals surface area (Å²) in [6.45, 7) is 1.59. The van der Waals surface area contributed by atoms with Gasteiger partial charge in [-0.15, -0.1) is 15.3 Å². The van der Waals surface area contributed by atoms with Crippen molar-refractivity contribution >= 4 is 23.1 Å². The third-order valence-corrected chi connectivity index (χ3v) is 5.92. The topological polar surface area (TPSA) is 69.9 Å². The van der Waals surface area contributed by atoms with Gasteiger partial charge in [-0.25, -0.2) is 0 Å². The van der Waals surface area contributed by atoms with Crippen molar-refractivity contribution in [1.82, 2.24) is 24.7 Å². The van der Waals surface area contributed by atoms with Gasteiger partial charge in [-0.05, 0) is 42.7 Å². The van der Waals surface area contributed by atoms with Crippen molar-refractivity contribution in [2.75, 3.05) is 44.0 Å². The summed E-state index contributed by atoms with van der Waals surface area (Å²) in [5, 5.41) is 10.8. The lowest BCUT2D eigenvalue weighted by Crippen LogP contribution is -2.41. The van der Waals surface area contributed by atoms with Crippen molar-refractivity contribution < 1.29 is 18.0 Å². The van der Waals surface area contributed by atoms with Crippen LogP contribution in [0.4, 0.5) is 24.7 Å². The number of carbonyl (C=O) groups is 1. The van der Waals surface area contributed by atoms with Crippen molar-refractivity contribution in [3.05, 3.63) is 47.8 Å². The summed E-state index contributed by atoms with van der Waals surface area (Å²) in [6.07, 6.45) is -3.42. The molecule has 0 radical (unpaired) electrons. The molecule has 8 nitrogen and oxygen atoms in total. The van der Waals surface area contributed by atoms with Crippen LogP contribution in [0.1, 0.15) is 24.2 Å². The van der Waals surface area contributed by atoms with Gasteiger partial charge in [0.2, 0.25) is 5.91 Å². The SMILES string of the molecule is CN(Cc1ccc(N(C)C)cc1)C(=O)C1CCN(c2ccc3nnc(C(F)(F)F)n3n2)CC1. The molecular formula is C22H26F3N7O. The molecule has 1 aromatic carbocycles. The standard InChI is InChI=1S/C22H26F3N7O/c1-29(2)17-6-4-15(5-7-17)14-30(3)20(33)16-10-12-31(13-11-16)19-9-8-18-26-27-21(22(23,24)25)32(18)28-19/h4-9,16H,10-14H2,1-3H3. The average molecular weight is 461 g/mol. The Labute approximate surface area is 189 Å². The zero-order valence-corrected chi connectivity index (χ0v) is 18.7. The van der Waals surface area contributed by atoms with Gasteiger partial charge in [-0.1, -0.05) is 12.1 Å². The third kappa shape index (κ3) is 4.86. The van der Waals surface area contributed by atoms with E-state index in [4.69, 9.17) is 0 Å². The maximum atomic E-state index is 13.1. The number of aromatic nitrogens is 4. The van der Waals surface area contributed by atoms with E-state index in [0.29, 0.717) is 38.3 Å². The molecule has 2 aromatic heterocycles. The van der Waals surface area contributed by atoms with Crippen LogP contribution in [-0.2, 0) is 17.5 Å². The van der Waals surface area contributed by atoms with E-state index in [0.717, 1.165) is 15.8 Å². The van der Waals surface area contributed by atoms with Gasteiger partial charge in [0.15, 0.2) is 5.65 Å². The Balaban J connectivity index is 1.37. The lowest BCUT2D eigenvalue weighted by molar-refractivity contribution is -0.146. The molecule has 0 N–H and O–H groups in total. The molecule has 0 spiro atoms. The summed E-state index contributed by atoms with van der Waals surface area (Å²) < 4.78 is 40.1. The first kappa shape index (κ1) is 22.8. The second-order valence-electron chi connectivity index (χ2n) is 8.50. The second-order valence-corrected chi connectivity index (χ2v) is 8.50. The maximum Gasteiger partial charge on any atom is 0.453 e. The van der Waals surface area contributed by atoms with E-state index in [9.17, 15) is 18.0 Å². The van der Waals surface area contributed by atoms with Gasteiger partial charge >= 0.3 is 6.18 Å². The van der Waals surface area contributed by atoms with Crippen LogP contribution < -0.4 is 9.80 Å². The molecule has 0 aliphatic carbocycles. The number of anilines is 2. The Kier molecular flexibility index (Phi) is 6.13. The molecule has 1 fully saturated rings. The molecule has 4 rings (SSSR count). The fourth-order valence-electron chi connectivity index (χ4n) is 4.04. The molecule has 1 aliphatic heterocycles. The molecule has 3 heterocycles. The van der Waals surface area contributed by atoms with E-state index in [-0.39, 0.29) is 17.5 Å². The van der Waals surface area contributed by atoms with Crippen molar-refractivity contribution in [2.24, 2.45) is 5.92 Å². The number of halogens is 3. The van der Waals surface area contributed by atoms with Gasteiger partial charge < -0.3 is 14.7 Å². The lowest BCUT2D eigenvalue weighted by atomic mass is 9.95.